The Morgan fingerprint density at radius 1 is 1.31 bits per heavy atom. The number of carbonyl (C=O) groups is 1. The Balaban J connectivity index is 1.77. The molecule has 1 amide bonds. The summed E-state index contributed by atoms with van der Waals surface area (Å²) in [4.78, 5) is 16.6. The fraction of sp³-hybridized carbons (Fsp3) is 0.158. The molecule has 134 valence electrons. The van der Waals surface area contributed by atoms with Gasteiger partial charge < -0.3 is 14.6 Å². The lowest BCUT2D eigenvalue weighted by Gasteiger charge is -2.20. The van der Waals surface area contributed by atoms with Gasteiger partial charge in [0, 0.05) is 29.5 Å². The van der Waals surface area contributed by atoms with Crippen LogP contribution >= 0.6 is 15.9 Å². The number of rotatable bonds is 6. The Hall–Kier alpha value is -2.67. The number of nitrogens with one attached hydrogen (secondary N) is 1. The highest BCUT2D eigenvalue weighted by atomic mass is 79.9. The van der Waals surface area contributed by atoms with Crippen molar-refractivity contribution in [3.8, 4) is 5.75 Å². The van der Waals surface area contributed by atoms with E-state index in [2.05, 4.69) is 26.2 Å². The summed E-state index contributed by atoms with van der Waals surface area (Å²) in [6.07, 6.45) is 3.35. The number of benzene rings is 2. The van der Waals surface area contributed by atoms with E-state index in [4.69, 9.17) is 4.74 Å². The van der Waals surface area contributed by atoms with E-state index in [1.54, 1.807) is 54.3 Å². The predicted molar refractivity (Wildman–Crippen MR) is 99.2 cm³/mol. The van der Waals surface area contributed by atoms with Gasteiger partial charge in [0.25, 0.3) is 5.91 Å². The van der Waals surface area contributed by atoms with Crippen LogP contribution in [0.25, 0.3) is 0 Å². The van der Waals surface area contributed by atoms with Crippen LogP contribution in [0.3, 0.4) is 0 Å². The van der Waals surface area contributed by atoms with E-state index in [-0.39, 0.29) is 12.5 Å². The average Bonchev–Trinajstić information content (AvgIpc) is 3.04. The van der Waals surface area contributed by atoms with Crippen molar-refractivity contribution in [2.75, 3.05) is 6.61 Å². The summed E-state index contributed by atoms with van der Waals surface area (Å²) in [7, 11) is 1.79. The van der Waals surface area contributed by atoms with E-state index in [0.29, 0.717) is 17.1 Å². The van der Waals surface area contributed by atoms with Crippen molar-refractivity contribution in [1.82, 2.24) is 14.9 Å². The SMILES string of the molecule is Cn1ccnc1[C@H](NC(=O)COc1cccc(Br)c1)c1ccccc1F. The van der Waals surface area contributed by atoms with Crippen LogP contribution in [0.1, 0.15) is 17.4 Å². The molecule has 7 heteroatoms. The minimum atomic E-state index is -0.713. The number of imidazole rings is 1. The van der Waals surface area contributed by atoms with Crippen LogP contribution in [0.15, 0.2) is 65.4 Å². The number of amides is 1. The Labute approximate surface area is 159 Å². The second-order valence-electron chi connectivity index (χ2n) is 5.66. The predicted octanol–water partition coefficient (Wildman–Crippen LogP) is 3.61. The third-order valence-corrected chi connectivity index (χ3v) is 4.30. The molecule has 0 aliphatic rings. The molecule has 1 aromatic heterocycles. The highest BCUT2D eigenvalue weighted by Crippen LogP contribution is 2.23. The number of aromatic nitrogens is 2. The average molecular weight is 418 g/mol. The van der Waals surface area contributed by atoms with E-state index in [1.807, 2.05) is 12.1 Å². The fourth-order valence-corrected chi connectivity index (χ4v) is 2.93. The van der Waals surface area contributed by atoms with Gasteiger partial charge in [-0.3, -0.25) is 4.79 Å². The molecule has 5 nitrogen and oxygen atoms in total. The first-order chi connectivity index (χ1) is 12.5. The summed E-state index contributed by atoms with van der Waals surface area (Å²) < 4.78 is 22.4. The van der Waals surface area contributed by atoms with Gasteiger partial charge in [0.1, 0.15) is 23.4 Å². The van der Waals surface area contributed by atoms with Crippen molar-refractivity contribution in [3.05, 3.63) is 82.6 Å². The first-order valence-corrected chi connectivity index (χ1v) is 8.73. The molecular formula is C19H17BrFN3O2. The molecule has 0 saturated carbocycles. The van der Waals surface area contributed by atoms with Crippen LogP contribution in [0, 0.1) is 5.82 Å². The zero-order chi connectivity index (χ0) is 18.5. The smallest absolute Gasteiger partial charge is 0.258 e. The van der Waals surface area contributed by atoms with E-state index in [9.17, 15) is 9.18 Å². The molecule has 26 heavy (non-hydrogen) atoms. The third kappa shape index (κ3) is 4.29. The number of hydrogen-bond donors (Lipinski definition) is 1. The highest BCUT2D eigenvalue weighted by molar-refractivity contribution is 9.10. The largest absolute Gasteiger partial charge is 0.484 e. The van der Waals surface area contributed by atoms with Gasteiger partial charge in [0.15, 0.2) is 6.61 Å². The molecule has 1 atom stereocenters. The number of halogens is 2. The summed E-state index contributed by atoms with van der Waals surface area (Å²) in [6.45, 7) is -0.189. The van der Waals surface area contributed by atoms with Gasteiger partial charge in [-0.15, -0.1) is 0 Å². The first kappa shape index (κ1) is 18.1. The minimum Gasteiger partial charge on any atom is -0.484 e. The molecule has 0 unspecified atom stereocenters. The summed E-state index contributed by atoms with van der Waals surface area (Å²) in [5.74, 6) is 0.315. The van der Waals surface area contributed by atoms with Crippen molar-refractivity contribution in [2.24, 2.45) is 7.05 Å². The molecule has 0 bridgehead atoms. The quantitative estimate of drug-likeness (QED) is 0.666. The maximum atomic E-state index is 14.3. The zero-order valence-electron chi connectivity index (χ0n) is 14.0. The lowest BCUT2D eigenvalue weighted by molar-refractivity contribution is -0.123. The Kier molecular flexibility index (Phi) is 5.68. The lowest BCUT2D eigenvalue weighted by atomic mass is 10.1. The number of ether oxygens (including phenoxy) is 1. The van der Waals surface area contributed by atoms with Crippen molar-refractivity contribution in [2.45, 2.75) is 6.04 Å². The van der Waals surface area contributed by atoms with Crippen molar-refractivity contribution in [3.63, 3.8) is 0 Å². The Morgan fingerprint density at radius 2 is 2.12 bits per heavy atom. The van der Waals surface area contributed by atoms with Crippen molar-refractivity contribution in [1.29, 1.82) is 0 Å². The molecule has 1 heterocycles. The summed E-state index contributed by atoms with van der Waals surface area (Å²) in [6, 6.07) is 12.8. The van der Waals surface area contributed by atoms with E-state index < -0.39 is 11.9 Å². The van der Waals surface area contributed by atoms with Crippen LogP contribution in [0.5, 0.6) is 5.75 Å². The molecule has 0 radical (unpaired) electrons. The zero-order valence-corrected chi connectivity index (χ0v) is 15.6. The van der Waals surface area contributed by atoms with Crippen LogP contribution in [0.2, 0.25) is 0 Å². The van der Waals surface area contributed by atoms with E-state index in [1.165, 1.54) is 6.07 Å². The van der Waals surface area contributed by atoms with Crippen LogP contribution in [-0.4, -0.2) is 22.1 Å². The molecule has 0 spiro atoms. The van der Waals surface area contributed by atoms with Crippen LogP contribution in [-0.2, 0) is 11.8 Å². The highest BCUT2D eigenvalue weighted by Gasteiger charge is 2.23. The summed E-state index contributed by atoms with van der Waals surface area (Å²) >= 11 is 3.35. The van der Waals surface area contributed by atoms with E-state index in [0.717, 1.165) is 4.47 Å². The standard InChI is InChI=1S/C19H17BrFN3O2/c1-24-10-9-22-19(24)18(15-7-2-3-8-16(15)21)23-17(25)12-26-14-6-4-5-13(20)11-14/h2-11,18H,12H2,1H3,(H,23,25)/t18-/m1/s1. The fourth-order valence-electron chi connectivity index (χ4n) is 2.55. The first-order valence-electron chi connectivity index (χ1n) is 7.94. The second kappa shape index (κ2) is 8.14. The molecule has 3 aromatic rings. The Morgan fingerprint density at radius 3 is 2.81 bits per heavy atom. The molecule has 0 aliphatic carbocycles. The van der Waals surface area contributed by atoms with Crippen LogP contribution in [0.4, 0.5) is 4.39 Å². The summed E-state index contributed by atoms with van der Waals surface area (Å²) in [5, 5.41) is 2.80. The molecule has 0 aliphatic heterocycles. The van der Waals surface area contributed by atoms with Gasteiger partial charge in [-0.25, -0.2) is 9.37 Å². The molecule has 0 fully saturated rings. The van der Waals surface area contributed by atoms with Crippen molar-refractivity contribution >= 4 is 21.8 Å². The van der Waals surface area contributed by atoms with Gasteiger partial charge in [-0.05, 0) is 24.3 Å². The minimum absolute atomic E-state index is 0.189. The molecule has 1 N–H and O–H groups in total. The number of hydrogen-bond acceptors (Lipinski definition) is 3. The van der Waals surface area contributed by atoms with Gasteiger partial charge in [0.2, 0.25) is 0 Å². The maximum Gasteiger partial charge on any atom is 0.258 e. The number of aryl methyl sites for hydroxylation is 1. The Bertz CT molecular complexity index is 913. The number of carbonyl (C=O) groups excluding carboxylic acids is 1. The van der Waals surface area contributed by atoms with Crippen LogP contribution < -0.4 is 10.1 Å². The van der Waals surface area contributed by atoms with Gasteiger partial charge in [-0.2, -0.15) is 0 Å². The third-order valence-electron chi connectivity index (χ3n) is 3.80. The topological polar surface area (TPSA) is 56.2 Å². The summed E-state index contributed by atoms with van der Waals surface area (Å²) in [5.41, 5.74) is 0.345. The molecular weight excluding hydrogens is 401 g/mol. The molecule has 3 rings (SSSR count). The number of nitrogens with zero attached hydrogens (tertiary/aromatic N) is 2. The monoisotopic (exact) mass is 417 g/mol. The van der Waals surface area contributed by atoms with Gasteiger partial charge in [-0.1, -0.05) is 40.2 Å². The maximum absolute atomic E-state index is 14.3. The van der Waals surface area contributed by atoms with Crippen molar-refractivity contribution < 1.29 is 13.9 Å². The lowest BCUT2D eigenvalue weighted by Crippen LogP contribution is -2.35. The van der Waals surface area contributed by atoms with Gasteiger partial charge in [0.05, 0.1) is 0 Å². The molecule has 0 saturated heterocycles. The van der Waals surface area contributed by atoms with Gasteiger partial charge >= 0.3 is 0 Å². The molecule has 2 aromatic carbocycles. The normalized spacial score (nSPS) is 11.8. The second-order valence-corrected chi connectivity index (χ2v) is 6.58. The van der Waals surface area contributed by atoms with E-state index >= 15 is 0 Å².